The molecular formula is C13H20N2O3. The van der Waals surface area contributed by atoms with Crippen molar-refractivity contribution >= 4 is 11.7 Å². The first-order valence-electron chi connectivity index (χ1n) is 6.10. The van der Waals surface area contributed by atoms with E-state index < -0.39 is 5.97 Å². The Bertz CT molecular complexity index is 380. The van der Waals surface area contributed by atoms with E-state index in [0.717, 1.165) is 25.3 Å². The van der Waals surface area contributed by atoms with Gasteiger partial charge >= 0.3 is 5.97 Å². The van der Waals surface area contributed by atoms with Crippen molar-refractivity contribution in [1.29, 1.82) is 0 Å². The quantitative estimate of drug-likeness (QED) is 0.694. The fraction of sp³-hybridized carbons (Fsp3) is 0.538. The lowest BCUT2D eigenvalue weighted by Gasteiger charge is -2.08. The van der Waals surface area contributed by atoms with E-state index in [9.17, 15) is 4.79 Å². The Morgan fingerprint density at radius 2 is 2.33 bits per heavy atom. The summed E-state index contributed by atoms with van der Waals surface area (Å²) in [6, 6.07) is 3.28. The SMILES string of the molecule is CC(C)COCCCNc1ccnc(C(=O)O)c1. The molecule has 0 saturated heterocycles. The van der Waals surface area contributed by atoms with Crippen LogP contribution in [0.15, 0.2) is 18.3 Å². The molecule has 1 aromatic heterocycles. The highest BCUT2D eigenvalue weighted by Gasteiger charge is 2.04. The summed E-state index contributed by atoms with van der Waals surface area (Å²) < 4.78 is 5.45. The molecule has 0 saturated carbocycles. The average Bonchev–Trinajstić information content (AvgIpc) is 2.33. The van der Waals surface area contributed by atoms with Gasteiger partial charge in [-0.05, 0) is 24.5 Å². The lowest BCUT2D eigenvalue weighted by molar-refractivity contribution is 0.0690. The highest BCUT2D eigenvalue weighted by molar-refractivity contribution is 5.86. The molecule has 0 fully saturated rings. The number of carboxylic acid groups (broad SMARTS) is 1. The Morgan fingerprint density at radius 1 is 1.56 bits per heavy atom. The van der Waals surface area contributed by atoms with Crippen LogP contribution in [0.5, 0.6) is 0 Å². The zero-order valence-electron chi connectivity index (χ0n) is 10.8. The molecule has 0 radical (unpaired) electrons. The summed E-state index contributed by atoms with van der Waals surface area (Å²) in [6.07, 6.45) is 2.37. The standard InChI is InChI=1S/C13H20N2O3/c1-10(2)9-18-7-3-5-14-11-4-6-15-12(8-11)13(16)17/h4,6,8,10H,3,5,7,9H2,1-2H3,(H,14,15)(H,16,17). The minimum atomic E-state index is -1.01. The molecule has 0 aromatic carbocycles. The molecule has 0 aliphatic carbocycles. The number of nitrogens with zero attached hydrogens (tertiary/aromatic N) is 1. The van der Waals surface area contributed by atoms with Gasteiger partial charge in [-0.3, -0.25) is 0 Å². The van der Waals surface area contributed by atoms with Crippen LogP contribution in [0.4, 0.5) is 5.69 Å². The van der Waals surface area contributed by atoms with Gasteiger partial charge in [0.25, 0.3) is 0 Å². The van der Waals surface area contributed by atoms with Gasteiger partial charge in [-0.1, -0.05) is 13.8 Å². The van der Waals surface area contributed by atoms with Crippen molar-refractivity contribution in [1.82, 2.24) is 4.98 Å². The Labute approximate surface area is 107 Å². The third-order valence-electron chi connectivity index (χ3n) is 2.22. The number of anilines is 1. The van der Waals surface area contributed by atoms with Crippen LogP contribution in [0.2, 0.25) is 0 Å². The molecule has 1 heterocycles. The molecule has 0 aliphatic rings. The van der Waals surface area contributed by atoms with Crippen LogP contribution in [0.3, 0.4) is 0 Å². The minimum Gasteiger partial charge on any atom is -0.477 e. The molecular weight excluding hydrogens is 232 g/mol. The molecule has 100 valence electrons. The van der Waals surface area contributed by atoms with Gasteiger partial charge in [0, 0.05) is 31.6 Å². The maximum Gasteiger partial charge on any atom is 0.354 e. The molecule has 1 rings (SSSR count). The Balaban J connectivity index is 2.23. The van der Waals surface area contributed by atoms with Crippen LogP contribution in [0, 0.1) is 5.92 Å². The van der Waals surface area contributed by atoms with Crippen molar-refractivity contribution in [3.63, 3.8) is 0 Å². The third-order valence-corrected chi connectivity index (χ3v) is 2.22. The zero-order valence-corrected chi connectivity index (χ0v) is 10.8. The van der Waals surface area contributed by atoms with E-state index in [-0.39, 0.29) is 5.69 Å². The monoisotopic (exact) mass is 252 g/mol. The van der Waals surface area contributed by atoms with E-state index in [2.05, 4.69) is 24.1 Å². The summed E-state index contributed by atoms with van der Waals surface area (Å²) >= 11 is 0. The Kier molecular flexibility index (Phi) is 6.14. The number of hydrogen-bond donors (Lipinski definition) is 2. The van der Waals surface area contributed by atoms with Gasteiger partial charge in [0.2, 0.25) is 0 Å². The van der Waals surface area contributed by atoms with E-state index >= 15 is 0 Å². The predicted molar refractivity (Wildman–Crippen MR) is 70.0 cm³/mol. The fourth-order valence-electron chi connectivity index (χ4n) is 1.38. The van der Waals surface area contributed by atoms with Gasteiger partial charge in [-0.15, -0.1) is 0 Å². The maximum absolute atomic E-state index is 10.7. The molecule has 0 unspecified atom stereocenters. The van der Waals surface area contributed by atoms with E-state index in [1.165, 1.54) is 12.3 Å². The number of nitrogens with one attached hydrogen (secondary N) is 1. The molecule has 0 amide bonds. The summed E-state index contributed by atoms with van der Waals surface area (Å²) in [5.74, 6) is -0.463. The van der Waals surface area contributed by atoms with Crippen LogP contribution in [0.1, 0.15) is 30.8 Å². The first-order valence-corrected chi connectivity index (χ1v) is 6.10. The summed E-state index contributed by atoms with van der Waals surface area (Å²) in [4.78, 5) is 14.5. The number of rotatable bonds is 8. The van der Waals surface area contributed by atoms with Gasteiger partial charge in [0.05, 0.1) is 0 Å². The second-order valence-electron chi connectivity index (χ2n) is 4.48. The van der Waals surface area contributed by atoms with E-state index in [1.54, 1.807) is 6.07 Å². The van der Waals surface area contributed by atoms with Gasteiger partial charge in [0.1, 0.15) is 5.69 Å². The largest absolute Gasteiger partial charge is 0.477 e. The third kappa shape index (κ3) is 5.63. The molecule has 18 heavy (non-hydrogen) atoms. The molecule has 1 aromatic rings. The number of ether oxygens (including phenoxy) is 1. The first kappa shape index (κ1) is 14.4. The predicted octanol–water partition coefficient (Wildman–Crippen LogP) is 2.25. The van der Waals surface area contributed by atoms with Crippen LogP contribution in [0.25, 0.3) is 0 Å². The molecule has 5 heteroatoms. The summed E-state index contributed by atoms with van der Waals surface area (Å²) in [5, 5.41) is 11.9. The van der Waals surface area contributed by atoms with Crippen LogP contribution < -0.4 is 5.32 Å². The molecule has 5 nitrogen and oxygen atoms in total. The van der Waals surface area contributed by atoms with Crippen molar-refractivity contribution in [3.05, 3.63) is 24.0 Å². The number of aromatic carboxylic acids is 1. The number of pyridine rings is 1. The Hall–Kier alpha value is -1.62. The smallest absolute Gasteiger partial charge is 0.354 e. The van der Waals surface area contributed by atoms with Gasteiger partial charge in [0.15, 0.2) is 0 Å². The lowest BCUT2D eigenvalue weighted by Crippen LogP contribution is -2.09. The minimum absolute atomic E-state index is 0.0519. The summed E-state index contributed by atoms with van der Waals surface area (Å²) in [6.45, 7) is 6.47. The van der Waals surface area contributed by atoms with Gasteiger partial charge < -0.3 is 15.2 Å². The normalized spacial score (nSPS) is 10.6. The second kappa shape index (κ2) is 7.66. The number of aromatic nitrogens is 1. The highest BCUT2D eigenvalue weighted by atomic mass is 16.5. The van der Waals surface area contributed by atoms with E-state index in [0.29, 0.717) is 12.5 Å². The van der Waals surface area contributed by atoms with Crippen molar-refractivity contribution in [2.75, 3.05) is 25.1 Å². The topological polar surface area (TPSA) is 71.5 Å². The van der Waals surface area contributed by atoms with Crippen molar-refractivity contribution in [2.24, 2.45) is 5.92 Å². The van der Waals surface area contributed by atoms with Gasteiger partial charge in [-0.2, -0.15) is 0 Å². The van der Waals surface area contributed by atoms with Gasteiger partial charge in [-0.25, -0.2) is 9.78 Å². The first-order chi connectivity index (χ1) is 8.59. The van der Waals surface area contributed by atoms with Crippen LogP contribution in [-0.2, 0) is 4.74 Å². The van der Waals surface area contributed by atoms with Crippen molar-refractivity contribution in [3.8, 4) is 0 Å². The fourth-order valence-corrected chi connectivity index (χ4v) is 1.38. The molecule has 2 N–H and O–H groups in total. The number of carboxylic acids is 1. The van der Waals surface area contributed by atoms with Crippen LogP contribution in [-0.4, -0.2) is 35.8 Å². The number of hydrogen-bond acceptors (Lipinski definition) is 4. The lowest BCUT2D eigenvalue weighted by atomic mass is 10.2. The summed E-state index contributed by atoms with van der Waals surface area (Å²) in [5.41, 5.74) is 0.822. The summed E-state index contributed by atoms with van der Waals surface area (Å²) in [7, 11) is 0. The second-order valence-corrected chi connectivity index (χ2v) is 4.48. The van der Waals surface area contributed by atoms with Crippen LogP contribution >= 0.6 is 0 Å². The van der Waals surface area contributed by atoms with Crippen molar-refractivity contribution < 1.29 is 14.6 Å². The average molecular weight is 252 g/mol. The van der Waals surface area contributed by atoms with E-state index in [1.807, 2.05) is 0 Å². The highest BCUT2D eigenvalue weighted by Crippen LogP contribution is 2.07. The number of carbonyl (C=O) groups is 1. The van der Waals surface area contributed by atoms with Crippen molar-refractivity contribution in [2.45, 2.75) is 20.3 Å². The molecule has 0 bridgehead atoms. The molecule has 0 aliphatic heterocycles. The molecule has 0 spiro atoms. The Morgan fingerprint density at radius 3 is 3.00 bits per heavy atom. The van der Waals surface area contributed by atoms with E-state index in [4.69, 9.17) is 9.84 Å². The zero-order chi connectivity index (χ0) is 13.4. The maximum atomic E-state index is 10.7. The molecule has 0 atom stereocenters.